The van der Waals surface area contributed by atoms with E-state index in [-0.39, 0.29) is 33.6 Å². The molecule has 7 nitrogen and oxygen atoms in total. The van der Waals surface area contributed by atoms with Crippen molar-refractivity contribution in [3.63, 3.8) is 0 Å². The first kappa shape index (κ1) is 23.1. The summed E-state index contributed by atoms with van der Waals surface area (Å²) in [7, 11) is 4.48. The van der Waals surface area contributed by atoms with Gasteiger partial charge in [-0.25, -0.2) is 4.68 Å². The van der Waals surface area contributed by atoms with Crippen LogP contribution < -0.4 is 10.1 Å². The number of nitrogens with one attached hydrogen (secondary N) is 1. The van der Waals surface area contributed by atoms with Gasteiger partial charge in [-0.05, 0) is 36.4 Å². The SMILES string of the molecule is COc1cn(-c2cccc(C(F)(F)F)c2)nc1C(=O)Nc1ccc(C(=O)N(C)C)c(Cl)c1. The molecule has 1 heterocycles. The number of benzene rings is 2. The number of hydrogen-bond acceptors (Lipinski definition) is 4. The van der Waals surface area contributed by atoms with Crippen LogP contribution in [0.15, 0.2) is 48.7 Å². The Balaban J connectivity index is 1.88. The second-order valence-electron chi connectivity index (χ2n) is 6.89. The second kappa shape index (κ2) is 8.91. The Morgan fingerprint density at radius 2 is 1.88 bits per heavy atom. The molecule has 0 saturated carbocycles. The topological polar surface area (TPSA) is 76.5 Å². The third kappa shape index (κ3) is 4.86. The molecule has 0 unspecified atom stereocenters. The molecule has 0 aliphatic carbocycles. The summed E-state index contributed by atoms with van der Waals surface area (Å²) in [5.74, 6) is -0.907. The van der Waals surface area contributed by atoms with Crippen LogP contribution in [0.3, 0.4) is 0 Å². The summed E-state index contributed by atoms with van der Waals surface area (Å²) < 4.78 is 45.3. The molecule has 0 bridgehead atoms. The van der Waals surface area contributed by atoms with Crippen molar-refractivity contribution < 1.29 is 27.5 Å². The lowest BCUT2D eigenvalue weighted by atomic mass is 10.2. The number of anilines is 1. The van der Waals surface area contributed by atoms with Crippen LogP contribution in [0.25, 0.3) is 5.69 Å². The lowest BCUT2D eigenvalue weighted by Crippen LogP contribution is -2.22. The van der Waals surface area contributed by atoms with Gasteiger partial charge in [0, 0.05) is 19.8 Å². The monoisotopic (exact) mass is 466 g/mol. The van der Waals surface area contributed by atoms with Crippen LogP contribution >= 0.6 is 11.6 Å². The van der Waals surface area contributed by atoms with E-state index in [1.807, 2.05) is 0 Å². The van der Waals surface area contributed by atoms with Gasteiger partial charge in [0.15, 0.2) is 11.4 Å². The first-order valence-corrected chi connectivity index (χ1v) is 9.53. The number of methoxy groups -OCH3 is 1. The van der Waals surface area contributed by atoms with E-state index in [0.29, 0.717) is 5.69 Å². The van der Waals surface area contributed by atoms with E-state index in [0.717, 1.165) is 16.8 Å². The molecule has 3 aromatic rings. The minimum Gasteiger partial charge on any atom is -0.493 e. The van der Waals surface area contributed by atoms with E-state index in [2.05, 4.69) is 10.4 Å². The van der Waals surface area contributed by atoms with Crippen molar-refractivity contribution in [2.24, 2.45) is 0 Å². The summed E-state index contributed by atoms with van der Waals surface area (Å²) in [6, 6.07) is 8.89. The average Bonchev–Trinajstić information content (AvgIpc) is 3.17. The standard InChI is InChI=1S/C21H18ClF3N4O3/c1-28(2)20(31)15-8-7-13(10-16(15)22)26-19(30)18-17(32-3)11-29(27-18)14-6-4-5-12(9-14)21(23,24)25/h4-11H,1-3H3,(H,26,30). The number of ether oxygens (including phenoxy) is 1. The van der Waals surface area contributed by atoms with Gasteiger partial charge in [0.1, 0.15) is 0 Å². The van der Waals surface area contributed by atoms with Crippen molar-refractivity contribution in [2.45, 2.75) is 6.18 Å². The van der Waals surface area contributed by atoms with Gasteiger partial charge in [-0.15, -0.1) is 0 Å². The molecule has 0 spiro atoms. The molecular weight excluding hydrogens is 449 g/mol. The summed E-state index contributed by atoms with van der Waals surface area (Å²) in [5.41, 5.74) is -0.328. The predicted molar refractivity (Wildman–Crippen MR) is 113 cm³/mol. The number of carbonyl (C=O) groups excluding carboxylic acids is 2. The van der Waals surface area contributed by atoms with E-state index >= 15 is 0 Å². The normalized spacial score (nSPS) is 11.2. The highest BCUT2D eigenvalue weighted by molar-refractivity contribution is 6.34. The first-order chi connectivity index (χ1) is 15.0. The molecular formula is C21H18ClF3N4O3. The van der Waals surface area contributed by atoms with E-state index in [1.165, 1.54) is 48.5 Å². The van der Waals surface area contributed by atoms with Crippen LogP contribution in [0.4, 0.5) is 18.9 Å². The molecule has 3 rings (SSSR count). The van der Waals surface area contributed by atoms with Crippen molar-refractivity contribution >= 4 is 29.1 Å². The van der Waals surface area contributed by atoms with Gasteiger partial charge in [-0.3, -0.25) is 9.59 Å². The second-order valence-corrected chi connectivity index (χ2v) is 7.29. The number of amides is 2. The van der Waals surface area contributed by atoms with Crippen LogP contribution in [0.1, 0.15) is 26.4 Å². The third-order valence-electron chi connectivity index (χ3n) is 4.42. The van der Waals surface area contributed by atoms with Crippen molar-refractivity contribution in [3.8, 4) is 11.4 Å². The van der Waals surface area contributed by atoms with Gasteiger partial charge >= 0.3 is 6.18 Å². The molecule has 2 aromatic carbocycles. The molecule has 1 N–H and O–H groups in total. The number of alkyl halides is 3. The Bertz CT molecular complexity index is 1180. The van der Waals surface area contributed by atoms with Crippen molar-refractivity contribution in [2.75, 3.05) is 26.5 Å². The Labute approximate surface area is 186 Å². The number of hydrogen-bond donors (Lipinski definition) is 1. The third-order valence-corrected chi connectivity index (χ3v) is 4.73. The van der Waals surface area contributed by atoms with Crippen molar-refractivity contribution in [1.29, 1.82) is 0 Å². The molecule has 0 aliphatic rings. The van der Waals surface area contributed by atoms with Crippen molar-refractivity contribution in [1.82, 2.24) is 14.7 Å². The van der Waals surface area contributed by atoms with Gasteiger partial charge in [0.2, 0.25) is 0 Å². The smallest absolute Gasteiger partial charge is 0.416 e. The van der Waals surface area contributed by atoms with Gasteiger partial charge in [0.05, 0.1) is 35.1 Å². The van der Waals surface area contributed by atoms with E-state index in [9.17, 15) is 22.8 Å². The molecule has 168 valence electrons. The maximum absolute atomic E-state index is 13.0. The maximum atomic E-state index is 13.0. The van der Waals surface area contributed by atoms with Gasteiger partial charge in [-0.1, -0.05) is 17.7 Å². The quantitative estimate of drug-likeness (QED) is 0.600. The Hall–Kier alpha value is -3.53. The van der Waals surface area contributed by atoms with Crippen LogP contribution in [-0.2, 0) is 6.18 Å². The number of nitrogens with zero attached hydrogens (tertiary/aromatic N) is 3. The molecule has 11 heteroatoms. The van der Waals surface area contributed by atoms with Gasteiger partial charge in [-0.2, -0.15) is 18.3 Å². The molecule has 0 radical (unpaired) electrons. The summed E-state index contributed by atoms with van der Waals surface area (Å²) in [6.45, 7) is 0. The fourth-order valence-electron chi connectivity index (χ4n) is 2.82. The number of rotatable bonds is 5. The minimum atomic E-state index is -4.52. The van der Waals surface area contributed by atoms with Crippen molar-refractivity contribution in [3.05, 3.63) is 70.5 Å². The molecule has 2 amide bonds. The highest BCUT2D eigenvalue weighted by Gasteiger charge is 2.31. The molecule has 0 atom stereocenters. The summed E-state index contributed by atoms with van der Waals surface area (Å²) in [4.78, 5) is 26.2. The molecule has 1 aromatic heterocycles. The average molecular weight is 467 g/mol. The molecule has 32 heavy (non-hydrogen) atoms. The van der Waals surface area contributed by atoms with E-state index < -0.39 is 17.6 Å². The highest BCUT2D eigenvalue weighted by atomic mass is 35.5. The fourth-order valence-corrected chi connectivity index (χ4v) is 3.08. The minimum absolute atomic E-state index is 0.0606. The van der Waals surface area contributed by atoms with Crippen LogP contribution in [0.2, 0.25) is 5.02 Å². The lowest BCUT2D eigenvalue weighted by Gasteiger charge is -2.12. The highest BCUT2D eigenvalue weighted by Crippen LogP contribution is 2.31. The van der Waals surface area contributed by atoms with Crippen LogP contribution in [0, 0.1) is 0 Å². The van der Waals surface area contributed by atoms with E-state index in [1.54, 1.807) is 14.1 Å². The lowest BCUT2D eigenvalue weighted by molar-refractivity contribution is -0.137. The maximum Gasteiger partial charge on any atom is 0.416 e. The largest absolute Gasteiger partial charge is 0.493 e. The van der Waals surface area contributed by atoms with Gasteiger partial charge in [0.25, 0.3) is 11.8 Å². The van der Waals surface area contributed by atoms with Crippen LogP contribution in [0.5, 0.6) is 5.75 Å². The van der Waals surface area contributed by atoms with Crippen LogP contribution in [-0.4, -0.2) is 47.7 Å². The Kier molecular flexibility index (Phi) is 6.45. The number of aromatic nitrogens is 2. The number of halogens is 4. The molecule has 0 aliphatic heterocycles. The zero-order valence-electron chi connectivity index (χ0n) is 17.2. The Morgan fingerprint density at radius 1 is 1.16 bits per heavy atom. The molecule has 0 saturated heterocycles. The first-order valence-electron chi connectivity index (χ1n) is 9.15. The Morgan fingerprint density at radius 3 is 2.47 bits per heavy atom. The number of carbonyl (C=O) groups is 2. The van der Waals surface area contributed by atoms with E-state index in [4.69, 9.17) is 16.3 Å². The zero-order chi connectivity index (χ0) is 23.6. The summed E-state index contributed by atoms with van der Waals surface area (Å²) in [5, 5.41) is 6.81. The molecule has 0 fully saturated rings. The summed E-state index contributed by atoms with van der Waals surface area (Å²) in [6.07, 6.45) is -3.22. The predicted octanol–water partition coefficient (Wildman–Crippen LogP) is 4.51. The summed E-state index contributed by atoms with van der Waals surface area (Å²) >= 11 is 6.16. The zero-order valence-corrected chi connectivity index (χ0v) is 18.0. The van der Waals surface area contributed by atoms with Gasteiger partial charge < -0.3 is 15.0 Å². The fraction of sp³-hybridized carbons (Fsp3) is 0.190.